The molecule has 0 bridgehead atoms. The monoisotopic (exact) mass is 306 g/mol. The lowest BCUT2D eigenvalue weighted by Gasteiger charge is -2.08. The van der Waals surface area contributed by atoms with Gasteiger partial charge in [-0.05, 0) is 24.6 Å². The van der Waals surface area contributed by atoms with Gasteiger partial charge in [0.25, 0.3) is 0 Å². The second-order valence-electron chi connectivity index (χ2n) is 4.25. The van der Waals surface area contributed by atoms with Gasteiger partial charge in [-0.15, -0.1) is 0 Å². The average Bonchev–Trinajstić information content (AvgIpc) is 2.90. The molecule has 3 rings (SSSR count). The number of nitrogens with zero attached hydrogens (tertiary/aromatic N) is 3. The van der Waals surface area contributed by atoms with E-state index in [2.05, 4.69) is 19.9 Å². The lowest BCUT2D eigenvalue weighted by molar-refractivity contribution is 0.199. The Labute approximate surface area is 124 Å². The Balaban J connectivity index is 1.97. The zero-order chi connectivity index (χ0) is 14.1. The van der Waals surface area contributed by atoms with Crippen LogP contribution < -0.4 is 0 Å². The van der Waals surface area contributed by atoms with Crippen molar-refractivity contribution in [2.75, 3.05) is 0 Å². The van der Waals surface area contributed by atoms with Crippen molar-refractivity contribution in [3.63, 3.8) is 0 Å². The number of hydrogen-bond donors (Lipinski definition) is 2. The second-order valence-corrected chi connectivity index (χ2v) is 5.69. The highest BCUT2D eigenvalue weighted by molar-refractivity contribution is 7.99. The van der Waals surface area contributed by atoms with Gasteiger partial charge in [-0.25, -0.2) is 15.0 Å². The largest absolute Gasteiger partial charge is 0.389 e. The van der Waals surface area contributed by atoms with Crippen molar-refractivity contribution < 1.29 is 5.11 Å². The summed E-state index contributed by atoms with van der Waals surface area (Å²) in [5.74, 6) is 0. The SMILES string of the molecule is C[C@H](O)c1ccc(Sc2ncnc3nc[nH]c23)c(Cl)c1. The second kappa shape index (κ2) is 5.40. The maximum Gasteiger partial charge on any atom is 0.181 e. The van der Waals surface area contributed by atoms with Gasteiger partial charge >= 0.3 is 0 Å². The summed E-state index contributed by atoms with van der Waals surface area (Å²) in [5, 5.41) is 10.9. The van der Waals surface area contributed by atoms with Crippen LogP contribution in [0.2, 0.25) is 5.02 Å². The summed E-state index contributed by atoms with van der Waals surface area (Å²) in [6, 6.07) is 5.49. The molecule has 0 aliphatic heterocycles. The molecule has 3 aromatic rings. The van der Waals surface area contributed by atoms with E-state index < -0.39 is 6.10 Å². The van der Waals surface area contributed by atoms with Gasteiger partial charge in [0.15, 0.2) is 5.65 Å². The Morgan fingerprint density at radius 3 is 2.90 bits per heavy atom. The fourth-order valence-electron chi connectivity index (χ4n) is 1.78. The highest BCUT2D eigenvalue weighted by Crippen LogP contribution is 2.35. The highest BCUT2D eigenvalue weighted by Gasteiger charge is 2.11. The van der Waals surface area contributed by atoms with Crippen LogP contribution in [0.4, 0.5) is 0 Å². The molecular formula is C13H11ClN4OS. The van der Waals surface area contributed by atoms with E-state index in [9.17, 15) is 5.11 Å². The van der Waals surface area contributed by atoms with Crippen molar-refractivity contribution in [2.24, 2.45) is 0 Å². The number of halogens is 1. The number of aromatic amines is 1. The van der Waals surface area contributed by atoms with Gasteiger partial charge in [0, 0.05) is 4.90 Å². The molecule has 0 aliphatic carbocycles. The third-order valence-electron chi connectivity index (χ3n) is 2.83. The minimum absolute atomic E-state index is 0.537. The van der Waals surface area contributed by atoms with Crippen LogP contribution in [0, 0.1) is 0 Å². The lowest BCUT2D eigenvalue weighted by atomic mass is 10.1. The molecule has 2 N–H and O–H groups in total. The van der Waals surface area contributed by atoms with Gasteiger partial charge in [-0.2, -0.15) is 0 Å². The molecule has 0 fully saturated rings. The summed E-state index contributed by atoms with van der Waals surface area (Å²) >= 11 is 7.68. The summed E-state index contributed by atoms with van der Waals surface area (Å²) in [7, 11) is 0. The van der Waals surface area contributed by atoms with E-state index >= 15 is 0 Å². The first kappa shape index (κ1) is 13.4. The van der Waals surface area contributed by atoms with Crippen molar-refractivity contribution in [2.45, 2.75) is 22.9 Å². The van der Waals surface area contributed by atoms with Gasteiger partial charge < -0.3 is 10.1 Å². The molecule has 2 aromatic heterocycles. The molecule has 5 nitrogen and oxygen atoms in total. The van der Waals surface area contributed by atoms with E-state index in [0.29, 0.717) is 10.7 Å². The average molecular weight is 307 g/mol. The zero-order valence-electron chi connectivity index (χ0n) is 10.5. The minimum Gasteiger partial charge on any atom is -0.389 e. The van der Waals surface area contributed by atoms with Gasteiger partial charge in [0.1, 0.15) is 16.9 Å². The molecule has 0 amide bonds. The lowest BCUT2D eigenvalue weighted by Crippen LogP contribution is -1.91. The van der Waals surface area contributed by atoms with Gasteiger partial charge in [0.05, 0.1) is 17.5 Å². The molecule has 0 unspecified atom stereocenters. The maximum absolute atomic E-state index is 9.54. The number of imidazole rings is 1. The first-order chi connectivity index (χ1) is 9.65. The maximum atomic E-state index is 9.54. The first-order valence-electron chi connectivity index (χ1n) is 5.94. The molecule has 0 saturated heterocycles. The van der Waals surface area contributed by atoms with E-state index in [1.165, 1.54) is 18.1 Å². The molecular weight excluding hydrogens is 296 g/mol. The number of fused-ring (bicyclic) bond motifs is 1. The smallest absolute Gasteiger partial charge is 0.181 e. The number of aliphatic hydroxyl groups is 1. The number of H-pyrrole nitrogens is 1. The molecule has 102 valence electrons. The topological polar surface area (TPSA) is 74.7 Å². The molecule has 20 heavy (non-hydrogen) atoms. The summed E-state index contributed by atoms with van der Waals surface area (Å²) in [4.78, 5) is 16.3. The predicted octanol–water partition coefficient (Wildman–Crippen LogP) is 3.21. The number of hydrogen-bond acceptors (Lipinski definition) is 5. The van der Waals surface area contributed by atoms with Crippen LogP contribution in [-0.4, -0.2) is 25.0 Å². The van der Waals surface area contributed by atoms with Crippen LogP contribution >= 0.6 is 23.4 Å². The first-order valence-corrected chi connectivity index (χ1v) is 7.14. The molecule has 7 heteroatoms. The normalized spacial score (nSPS) is 12.8. The van der Waals surface area contributed by atoms with Crippen LogP contribution in [-0.2, 0) is 0 Å². The van der Waals surface area contributed by atoms with Crippen LogP contribution in [0.15, 0.2) is 40.8 Å². The fourth-order valence-corrected chi connectivity index (χ4v) is 2.94. The number of nitrogens with one attached hydrogen (secondary N) is 1. The number of aliphatic hydroxyl groups excluding tert-OH is 1. The van der Waals surface area contributed by atoms with Crippen molar-refractivity contribution >= 4 is 34.5 Å². The number of aromatic nitrogens is 4. The Morgan fingerprint density at radius 2 is 2.15 bits per heavy atom. The number of rotatable bonds is 3. The Morgan fingerprint density at radius 1 is 1.30 bits per heavy atom. The zero-order valence-corrected chi connectivity index (χ0v) is 12.1. The molecule has 2 heterocycles. The van der Waals surface area contributed by atoms with E-state index in [4.69, 9.17) is 11.6 Å². The van der Waals surface area contributed by atoms with Gasteiger partial charge in [-0.3, -0.25) is 0 Å². The Bertz CT molecular complexity index is 759. The standard InChI is InChI=1S/C13H11ClN4OS/c1-7(19)8-2-3-10(9(14)4-8)20-13-11-12(16-5-15-11)17-6-18-13/h2-7,19H,1H3,(H,15,16,17,18)/t7-/m0/s1. The van der Waals surface area contributed by atoms with E-state index in [-0.39, 0.29) is 0 Å². The van der Waals surface area contributed by atoms with E-state index in [0.717, 1.165) is 21.0 Å². The van der Waals surface area contributed by atoms with Crippen LogP contribution in [0.25, 0.3) is 11.2 Å². The predicted molar refractivity (Wildman–Crippen MR) is 77.9 cm³/mol. The summed E-state index contributed by atoms with van der Waals surface area (Å²) in [6.45, 7) is 1.71. The number of benzene rings is 1. The van der Waals surface area contributed by atoms with Crippen molar-refractivity contribution in [3.05, 3.63) is 41.4 Å². The Kier molecular flexibility index (Phi) is 3.60. The quantitative estimate of drug-likeness (QED) is 0.727. The summed E-state index contributed by atoms with van der Waals surface area (Å²) in [5.41, 5.74) is 2.20. The molecule has 0 spiro atoms. The summed E-state index contributed by atoms with van der Waals surface area (Å²) in [6.07, 6.45) is 2.52. The summed E-state index contributed by atoms with van der Waals surface area (Å²) < 4.78 is 0. The Hall–Kier alpha value is -1.63. The minimum atomic E-state index is -0.537. The van der Waals surface area contributed by atoms with Crippen LogP contribution in [0.1, 0.15) is 18.6 Å². The molecule has 1 aromatic carbocycles. The van der Waals surface area contributed by atoms with Crippen molar-refractivity contribution in [1.82, 2.24) is 19.9 Å². The molecule has 0 aliphatic rings. The molecule has 0 saturated carbocycles. The van der Waals surface area contributed by atoms with E-state index in [1.54, 1.807) is 19.3 Å². The van der Waals surface area contributed by atoms with Gasteiger partial charge in [0.2, 0.25) is 0 Å². The molecule has 1 atom stereocenters. The van der Waals surface area contributed by atoms with Gasteiger partial charge in [-0.1, -0.05) is 29.4 Å². The van der Waals surface area contributed by atoms with Crippen molar-refractivity contribution in [3.8, 4) is 0 Å². The van der Waals surface area contributed by atoms with Crippen molar-refractivity contribution in [1.29, 1.82) is 0 Å². The van der Waals surface area contributed by atoms with E-state index in [1.807, 2.05) is 12.1 Å². The van der Waals surface area contributed by atoms with Crippen LogP contribution in [0.3, 0.4) is 0 Å². The third kappa shape index (κ3) is 2.49. The molecule has 0 radical (unpaired) electrons. The highest BCUT2D eigenvalue weighted by atomic mass is 35.5. The third-order valence-corrected chi connectivity index (χ3v) is 4.34. The van der Waals surface area contributed by atoms with Crippen LogP contribution in [0.5, 0.6) is 0 Å². The fraction of sp³-hybridized carbons (Fsp3) is 0.154.